The van der Waals surface area contributed by atoms with Crippen molar-refractivity contribution < 1.29 is 18.0 Å². The predicted molar refractivity (Wildman–Crippen MR) is 105 cm³/mol. The highest BCUT2D eigenvalue weighted by molar-refractivity contribution is 7.89. The summed E-state index contributed by atoms with van der Waals surface area (Å²) in [7, 11) is -3.88. The summed E-state index contributed by atoms with van der Waals surface area (Å²) in [4.78, 5) is 23.4. The summed E-state index contributed by atoms with van der Waals surface area (Å²) in [5, 5.41) is 5.28. The minimum atomic E-state index is -3.88. The second kappa shape index (κ2) is 8.32. The number of carbonyl (C=O) groups excluding carboxylic acids is 2. The SMILES string of the molecule is CC(=O)Nc1ccc(S(=O)(=O)N[C@@H](C)C(=O)Nc2cc(C)cc(C)c2)cc1. The van der Waals surface area contributed by atoms with Gasteiger partial charge in [0.15, 0.2) is 0 Å². The Morgan fingerprint density at radius 3 is 1.96 bits per heavy atom. The number of nitrogens with one attached hydrogen (secondary N) is 3. The van der Waals surface area contributed by atoms with Gasteiger partial charge in [-0.3, -0.25) is 9.59 Å². The summed E-state index contributed by atoms with van der Waals surface area (Å²) in [6.07, 6.45) is 0. The number of hydrogen-bond donors (Lipinski definition) is 3. The van der Waals surface area contributed by atoms with Crippen LogP contribution >= 0.6 is 0 Å². The Morgan fingerprint density at radius 2 is 1.44 bits per heavy atom. The van der Waals surface area contributed by atoms with Gasteiger partial charge in [0.05, 0.1) is 10.9 Å². The van der Waals surface area contributed by atoms with Crippen molar-refractivity contribution in [2.24, 2.45) is 0 Å². The third kappa shape index (κ3) is 5.90. The number of sulfonamides is 1. The van der Waals surface area contributed by atoms with Gasteiger partial charge in [-0.25, -0.2) is 8.42 Å². The third-order valence-corrected chi connectivity index (χ3v) is 5.26. The molecule has 0 unspecified atom stereocenters. The number of carbonyl (C=O) groups is 2. The minimum Gasteiger partial charge on any atom is -0.326 e. The molecule has 2 aromatic carbocycles. The molecule has 144 valence electrons. The fourth-order valence-corrected chi connectivity index (χ4v) is 3.78. The second-order valence-corrected chi connectivity index (χ2v) is 8.13. The summed E-state index contributed by atoms with van der Waals surface area (Å²) in [5.41, 5.74) is 3.10. The Kier molecular flexibility index (Phi) is 6.35. The van der Waals surface area contributed by atoms with E-state index in [1.165, 1.54) is 38.1 Å². The van der Waals surface area contributed by atoms with Crippen LogP contribution in [0, 0.1) is 13.8 Å². The molecule has 2 amide bonds. The lowest BCUT2D eigenvalue weighted by molar-refractivity contribution is -0.117. The average Bonchev–Trinajstić information content (AvgIpc) is 2.53. The molecule has 0 saturated carbocycles. The van der Waals surface area contributed by atoms with Crippen molar-refractivity contribution in [1.29, 1.82) is 0 Å². The number of rotatable bonds is 6. The zero-order valence-electron chi connectivity index (χ0n) is 15.7. The lowest BCUT2D eigenvalue weighted by Crippen LogP contribution is -2.41. The summed E-state index contributed by atoms with van der Waals surface area (Å²) in [5.74, 6) is -0.709. The van der Waals surface area contributed by atoms with Crippen LogP contribution in [0.3, 0.4) is 0 Å². The molecular formula is C19H23N3O4S. The first-order chi connectivity index (χ1) is 12.6. The van der Waals surface area contributed by atoms with Crippen LogP contribution in [0.1, 0.15) is 25.0 Å². The minimum absolute atomic E-state index is 0.00246. The van der Waals surface area contributed by atoms with Crippen molar-refractivity contribution in [2.45, 2.75) is 38.6 Å². The topological polar surface area (TPSA) is 104 Å². The van der Waals surface area contributed by atoms with Crippen molar-refractivity contribution in [2.75, 3.05) is 10.6 Å². The Bertz CT molecular complexity index is 933. The molecule has 8 heteroatoms. The summed E-state index contributed by atoms with van der Waals surface area (Å²) >= 11 is 0. The second-order valence-electron chi connectivity index (χ2n) is 6.41. The highest BCUT2D eigenvalue weighted by Crippen LogP contribution is 2.16. The molecule has 0 aliphatic carbocycles. The molecule has 2 rings (SSSR count). The molecule has 7 nitrogen and oxygen atoms in total. The molecule has 0 fully saturated rings. The number of anilines is 2. The van der Waals surface area contributed by atoms with E-state index in [1.54, 1.807) is 0 Å². The van der Waals surface area contributed by atoms with Crippen molar-refractivity contribution >= 4 is 33.2 Å². The monoisotopic (exact) mass is 389 g/mol. The van der Waals surface area contributed by atoms with Gasteiger partial charge in [0, 0.05) is 18.3 Å². The maximum absolute atomic E-state index is 12.5. The number of amides is 2. The molecular weight excluding hydrogens is 366 g/mol. The van der Waals surface area contributed by atoms with Crippen molar-refractivity contribution in [3.8, 4) is 0 Å². The van der Waals surface area contributed by atoms with E-state index in [0.29, 0.717) is 11.4 Å². The standard InChI is InChI=1S/C19H23N3O4S/c1-12-9-13(2)11-17(10-12)21-19(24)14(3)22-27(25,26)18-7-5-16(6-8-18)20-15(4)23/h5-11,14,22H,1-4H3,(H,20,23)(H,21,24)/t14-/m0/s1. The van der Waals surface area contributed by atoms with E-state index in [1.807, 2.05) is 32.0 Å². The summed E-state index contributed by atoms with van der Waals surface area (Å²) in [6.45, 7) is 6.67. The Labute approximate surface area is 159 Å². The van der Waals surface area contributed by atoms with Gasteiger partial charge in [-0.05, 0) is 68.3 Å². The molecule has 0 bridgehead atoms. The first-order valence-electron chi connectivity index (χ1n) is 8.36. The van der Waals surface area contributed by atoms with Crippen LogP contribution in [0.25, 0.3) is 0 Å². The molecule has 0 aliphatic heterocycles. The molecule has 2 aromatic rings. The van der Waals surface area contributed by atoms with Crippen LogP contribution in [0.5, 0.6) is 0 Å². The van der Waals surface area contributed by atoms with E-state index >= 15 is 0 Å². The van der Waals surface area contributed by atoms with Gasteiger partial charge in [0.2, 0.25) is 21.8 Å². The fourth-order valence-electron chi connectivity index (χ4n) is 2.57. The van der Waals surface area contributed by atoms with Gasteiger partial charge in [-0.1, -0.05) is 6.07 Å². The zero-order chi connectivity index (χ0) is 20.2. The Hall–Kier alpha value is -2.71. The van der Waals surface area contributed by atoms with Crippen LogP contribution in [0.4, 0.5) is 11.4 Å². The van der Waals surface area contributed by atoms with E-state index in [2.05, 4.69) is 15.4 Å². The van der Waals surface area contributed by atoms with Crippen LogP contribution in [0.15, 0.2) is 47.4 Å². The Balaban J connectivity index is 2.07. The largest absolute Gasteiger partial charge is 0.326 e. The van der Waals surface area contributed by atoms with Crippen molar-refractivity contribution in [1.82, 2.24) is 4.72 Å². The van der Waals surface area contributed by atoms with Crippen molar-refractivity contribution in [3.05, 3.63) is 53.6 Å². The Morgan fingerprint density at radius 1 is 0.889 bits per heavy atom. The smallest absolute Gasteiger partial charge is 0.242 e. The van der Waals surface area contributed by atoms with E-state index in [-0.39, 0.29) is 10.8 Å². The van der Waals surface area contributed by atoms with Gasteiger partial charge in [0.25, 0.3) is 0 Å². The molecule has 0 radical (unpaired) electrons. The maximum atomic E-state index is 12.5. The van der Waals surface area contributed by atoms with E-state index in [0.717, 1.165) is 11.1 Å². The lowest BCUT2D eigenvalue weighted by Gasteiger charge is -2.15. The van der Waals surface area contributed by atoms with E-state index < -0.39 is 22.0 Å². The van der Waals surface area contributed by atoms with Crippen LogP contribution in [-0.4, -0.2) is 26.3 Å². The average molecular weight is 389 g/mol. The quantitative estimate of drug-likeness (QED) is 0.706. The molecule has 27 heavy (non-hydrogen) atoms. The highest BCUT2D eigenvalue weighted by Gasteiger charge is 2.22. The normalized spacial score (nSPS) is 12.3. The molecule has 0 aromatic heterocycles. The maximum Gasteiger partial charge on any atom is 0.242 e. The molecule has 0 aliphatic rings. The van der Waals surface area contributed by atoms with E-state index in [4.69, 9.17) is 0 Å². The number of benzene rings is 2. The molecule has 1 atom stereocenters. The van der Waals surface area contributed by atoms with Gasteiger partial charge in [0.1, 0.15) is 0 Å². The predicted octanol–water partition coefficient (Wildman–Crippen LogP) is 2.57. The van der Waals surface area contributed by atoms with Gasteiger partial charge in [-0.2, -0.15) is 4.72 Å². The lowest BCUT2D eigenvalue weighted by atomic mass is 10.1. The first kappa shape index (κ1) is 20.6. The number of hydrogen-bond acceptors (Lipinski definition) is 4. The third-order valence-electron chi connectivity index (χ3n) is 3.70. The van der Waals surface area contributed by atoms with Crippen LogP contribution in [-0.2, 0) is 19.6 Å². The molecule has 3 N–H and O–H groups in total. The summed E-state index contributed by atoms with van der Waals surface area (Å²) in [6, 6.07) is 10.3. The highest BCUT2D eigenvalue weighted by atomic mass is 32.2. The van der Waals surface area contributed by atoms with Crippen LogP contribution < -0.4 is 15.4 Å². The first-order valence-corrected chi connectivity index (χ1v) is 9.84. The number of aryl methyl sites for hydroxylation is 2. The van der Waals surface area contributed by atoms with Crippen LogP contribution in [0.2, 0.25) is 0 Å². The molecule has 0 heterocycles. The fraction of sp³-hybridized carbons (Fsp3) is 0.263. The zero-order valence-corrected chi connectivity index (χ0v) is 16.5. The van der Waals surface area contributed by atoms with E-state index in [9.17, 15) is 18.0 Å². The molecule has 0 saturated heterocycles. The van der Waals surface area contributed by atoms with Gasteiger partial charge < -0.3 is 10.6 Å². The van der Waals surface area contributed by atoms with Gasteiger partial charge >= 0.3 is 0 Å². The molecule has 0 spiro atoms. The van der Waals surface area contributed by atoms with Crippen molar-refractivity contribution in [3.63, 3.8) is 0 Å². The summed E-state index contributed by atoms with van der Waals surface area (Å²) < 4.78 is 27.3. The van der Waals surface area contributed by atoms with Gasteiger partial charge in [-0.15, -0.1) is 0 Å².